The molecule has 0 atom stereocenters. The predicted octanol–water partition coefficient (Wildman–Crippen LogP) is 3.37. The Morgan fingerprint density at radius 3 is 2.66 bits per heavy atom. The number of fused-ring (bicyclic) bond motifs is 1. The first-order valence-corrected chi connectivity index (χ1v) is 10.2. The van der Waals surface area contributed by atoms with E-state index in [1.807, 2.05) is 0 Å². The maximum atomic E-state index is 13.6. The Labute approximate surface area is 184 Å². The first kappa shape index (κ1) is 21.5. The third-order valence-corrected chi connectivity index (χ3v) is 5.00. The Balaban J connectivity index is 1.52. The number of carbonyl (C=O) groups is 2. The molecule has 0 unspecified atom stereocenters. The summed E-state index contributed by atoms with van der Waals surface area (Å²) in [5.74, 6) is -0.417. The fourth-order valence-corrected chi connectivity index (χ4v) is 3.50. The van der Waals surface area contributed by atoms with Crippen molar-refractivity contribution in [3.05, 3.63) is 54.0 Å². The molecule has 3 N–H and O–H groups in total. The predicted molar refractivity (Wildman–Crippen MR) is 118 cm³/mol. The molecule has 1 aromatic carbocycles. The lowest BCUT2D eigenvalue weighted by molar-refractivity contribution is 0.0359. The van der Waals surface area contributed by atoms with Crippen LogP contribution in [0.2, 0.25) is 0 Å². The van der Waals surface area contributed by atoms with Crippen molar-refractivity contribution >= 4 is 28.7 Å². The van der Waals surface area contributed by atoms with Gasteiger partial charge in [0.2, 0.25) is 0 Å². The summed E-state index contributed by atoms with van der Waals surface area (Å²) < 4.78 is 18.8. The van der Waals surface area contributed by atoms with Crippen molar-refractivity contribution in [2.24, 2.45) is 0 Å². The van der Waals surface area contributed by atoms with Crippen LogP contribution in [-0.2, 0) is 4.74 Å². The van der Waals surface area contributed by atoms with E-state index in [1.54, 1.807) is 49.9 Å². The van der Waals surface area contributed by atoms with E-state index in [0.29, 0.717) is 40.8 Å². The van der Waals surface area contributed by atoms with Gasteiger partial charge in [0.1, 0.15) is 22.8 Å². The maximum Gasteiger partial charge on any atom is 0.407 e. The van der Waals surface area contributed by atoms with Crippen LogP contribution in [0, 0.1) is 5.82 Å². The maximum absolute atomic E-state index is 13.6. The average molecular weight is 437 g/mol. The molecule has 1 saturated heterocycles. The number of halogens is 1. The fourth-order valence-electron chi connectivity index (χ4n) is 3.50. The van der Waals surface area contributed by atoms with Crippen LogP contribution in [0.25, 0.3) is 22.2 Å². The molecule has 0 bridgehead atoms. The number of nitrogens with zero attached hydrogens (tertiary/aromatic N) is 3. The van der Waals surface area contributed by atoms with Crippen LogP contribution >= 0.6 is 0 Å². The summed E-state index contributed by atoms with van der Waals surface area (Å²) in [5, 5.41) is 3.31. The molecule has 8 nitrogen and oxygen atoms in total. The molecule has 166 valence electrons. The van der Waals surface area contributed by atoms with Gasteiger partial charge in [-0.1, -0.05) is 12.1 Å². The summed E-state index contributed by atoms with van der Waals surface area (Å²) in [4.78, 5) is 35.2. The van der Waals surface area contributed by atoms with Gasteiger partial charge in [-0.2, -0.15) is 0 Å². The van der Waals surface area contributed by atoms with Gasteiger partial charge in [-0.3, -0.25) is 4.79 Å². The molecule has 9 heteroatoms. The molecule has 32 heavy (non-hydrogen) atoms. The van der Waals surface area contributed by atoms with Gasteiger partial charge < -0.3 is 20.7 Å². The van der Waals surface area contributed by atoms with Gasteiger partial charge in [0.05, 0.1) is 17.3 Å². The molecule has 1 aliphatic rings. The van der Waals surface area contributed by atoms with Gasteiger partial charge in [-0.25, -0.2) is 19.2 Å². The van der Waals surface area contributed by atoms with Crippen LogP contribution in [0.4, 0.5) is 15.0 Å². The van der Waals surface area contributed by atoms with E-state index >= 15 is 0 Å². The number of rotatable bonds is 3. The zero-order chi connectivity index (χ0) is 23.0. The molecule has 1 aliphatic heterocycles. The number of carbonyl (C=O) groups excluding carboxylic acids is 2. The van der Waals surface area contributed by atoms with Crippen molar-refractivity contribution < 1.29 is 18.7 Å². The lowest BCUT2D eigenvalue weighted by atomic mass is 10.0. The normalized spacial score (nSPS) is 14.2. The largest absolute Gasteiger partial charge is 0.444 e. The van der Waals surface area contributed by atoms with E-state index in [1.165, 1.54) is 18.3 Å². The number of anilines is 1. The number of aromatic nitrogens is 2. The number of nitrogens with two attached hydrogens (primary N) is 1. The Bertz CT molecular complexity index is 1200. The van der Waals surface area contributed by atoms with Crippen LogP contribution in [0.5, 0.6) is 0 Å². The molecule has 3 aromatic rings. The topological polar surface area (TPSA) is 110 Å². The molecular formula is C23H24FN5O3. The average Bonchev–Trinajstić information content (AvgIpc) is 2.69. The van der Waals surface area contributed by atoms with Crippen molar-refractivity contribution in [3.63, 3.8) is 0 Å². The SMILES string of the molecule is CC(C)(C)OC(=O)NC1CN(C(=O)c2cnc(N)c3nc(-c4cccc(F)c4)ccc23)C1. The fraction of sp³-hybridized carbons (Fsp3) is 0.304. The third-order valence-electron chi connectivity index (χ3n) is 5.00. The standard InChI is InChI=1S/C23H24FN5O3/c1-23(2,3)32-22(31)27-15-11-29(12-15)21(30)17-10-26-20(25)19-16(17)7-8-18(28-19)13-5-4-6-14(24)9-13/h4-10,15H,11-12H2,1-3H3,(H2,25,26)(H,27,31). The Hall–Kier alpha value is -3.75. The summed E-state index contributed by atoms with van der Waals surface area (Å²) in [6.45, 7) is 6.08. The van der Waals surface area contributed by atoms with Gasteiger partial charge in [-0.15, -0.1) is 0 Å². The highest BCUT2D eigenvalue weighted by Gasteiger charge is 2.34. The summed E-state index contributed by atoms with van der Waals surface area (Å²) in [5.41, 5.74) is 7.30. The number of ether oxygens (including phenoxy) is 1. The quantitative estimate of drug-likeness (QED) is 0.650. The van der Waals surface area contributed by atoms with E-state index in [0.717, 1.165) is 0 Å². The highest BCUT2D eigenvalue weighted by atomic mass is 19.1. The summed E-state index contributed by atoms with van der Waals surface area (Å²) in [6, 6.07) is 9.36. The van der Waals surface area contributed by atoms with Crippen LogP contribution in [0.15, 0.2) is 42.6 Å². The molecule has 2 amide bonds. The highest BCUT2D eigenvalue weighted by molar-refractivity contribution is 6.08. The summed E-state index contributed by atoms with van der Waals surface area (Å²) in [6.07, 6.45) is 0.918. The Morgan fingerprint density at radius 2 is 1.97 bits per heavy atom. The van der Waals surface area contributed by atoms with Crippen LogP contribution in [0.3, 0.4) is 0 Å². The Kier molecular flexibility index (Phi) is 5.41. The molecule has 2 aromatic heterocycles. The number of hydrogen-bond donors (Lipinski definition) is 2. The molecule has 0 radical (unpaired) electrons. The number of nitrogens with one attached hydrogen (secondary N) is 1. The van der Waals surface area contributed by atoms with Crippen LogP contribution < -0.4 is 11.1 Å². The number of amides is 2. The van der Waals surface area contributed by atoms with Gasteiger partial charge in [0.25, 0.3) is 5.91 Å². The van der Waals surface area contributed by atoms with Gasteiger partial charge in [0, 0.05) is 30.2 Å². The van der Waals surface area contributed by atoms with Crippen molar-refractivity contribution in [2.45, 2.75) is 32.4 Å². The minimum atomic E-state index is -0.588. The number of hydrogen-bond acceptors (Lipinski definition) is 6. The van der Waals surface area contributed by atoms with Crippen LogP contribution in [0.1, 0.15) is 31.1 Å². The van der Waals surface area contributed by atoms with Crippen molar-refractivity contribution in [1.82, 2.24) is 20.2 Å². The van der Waals surface area contributed by atoms with E-state index in [4.69, 9.17) is 10.5 Å². The molecule has 0 spiro atoms. The van der Waals surface area contributed by atoms with E-state index in [-0.39, 0.29) is 23.6 Å². The summed E-state index contributed by atoms with van der Waals surface area (Å²) >= 11 is 0. The minimum Gasteiger partial charge on any atom is -0.444 e. The molecular weight excluding hydrogens is 413 g/mol. The summed E-state index contributed by atoms with van der Waals surface area (Å²) in [7, 11) is 0. The second kappa shape index (κ2) is 8.07. The number of pyridine rings is 2. The zero-order valence-electron chi connectivity index (χ0n) is 18.1. The van der Waals surface area contributed by atoms with E-state index in [9.17, 15) is 14.0 Å². The molecule has 3 heterocycles. The van der Waals surface area contributed by atoms with E-state index < -0.39 is 11.7 Å². The minimum absolute atomic E-state index is 0.181. The molecule has 1 fully saturated rings. The lowest BCUT2D eigenvalue weighted by Gasteiger charge is -2.39. The van der Waals surface area contributed by atoms with Gasteiger partial charge >= 0.3 is 6.09 Å². The number of likely N-dealkylation sites (tertiary alicyclic amines) is 1. The Morgan fingerprint density at radius 1 is 1.22 bits per heavy atom. The smallest absolute Gasteiger partial charge is 0.407 e. The highest BCUT2D eigenvalue weighted by Crippen LogP contribution is 2.27. The second-order valence-corrected chi connectivity index (χ2v) is 8.71. The first-order chi connectivity index (χ1) is 15.1. The third kappa shape index (κ3) is 4.46. The molecule has 0 aliphatic carbocycles. The number of nitrogen functional groups attached to an aromatic ring is 1. The molecule has 0 saturated carbocycles. The molecule has 4 rings (SSSR count). The van der Waals surface area contributed by atoms with E-state index in [2.05, 4.69) is 15.3 Å². The zero-order valence-corrected chi connectivity index (χ0v) is 18.1. The van der Waals surface area contributed by atoms with Crippen molar-refractivity contribution in [2.75, 3.05) is 18.8 Å². The monoisotopic (exact) mass is 437 g/mol. The first-order valence-electron chi connectivity index (χ1n) is 10.2. The second-order valence-electron chi connectivity index (χ2n) is 8.71. The number of benzene rings is 1. The van der Waals surface area contributed by atoms with Crippen molar-refractivity contribution in [1.29, 1.82) is 0 Å². The van der Waals surface area contributed by atoms with Gasteiger partial charge in [0.15, 0.2) is 0 Å². The van der Waals surface area contributed by atoms with Gasteiger partial charge in [-0.05, 0) is 45.0 Å². The van der Waals surface area contributed by atoms with Crippen LogP contribution in [-0.4, -0.2) is 51.6 Å². The van der Waals surface area contributed by atoms with Crippen molar-refractivity contribution in [3.8, 4) is 11.3 Å². The lowest BCUT2D eigenvalue weighted by Crippen LogP contribution is -2.61. The number of alkyl carbamates (subject to hydrolysis) is 1.